The summed E-state index contributed by atoms with van der Waals surface area (Å²) in [7, 11) is 1.17. The van der Waals surface area contributed by atoms with Crippen molar-refractivity contribution in [3.05, 3.63) is 35.6 Å². The number of rotatable bonds is 9. The van der Waals surface area contributed by atoms with E-state index in [1.807, 2.05) is 6.07 Å². The summed E-state index contributed by atoms with van der Waals surface area (Å²) in [4.78, 5) is 12.0. The van der Waals surface area contributed by atoms with Crippen molar-refractivity contribution in [1.82, 2.24) is 0 Å². The minimum absolute atomic E-state index is 0.0581. The number of aliphatic hydroxyl groups excluding tert-OH is 1. The number of carbonyl (C=O) groups is 1. The smallest absolute Gasteiger partial charge is 0.311 e. The molecule has 1 aromatic heterocycles. The van der Waals surface area contributed by atoms with Gasteiger partial charge in [0.1, 0.15) is 35.7 Å². The van der Waals surface area contributed by atoms with Gasteiger partial charge in [0.2, 0.25) is 0 Å². The maximum Gasteiger partial charge on any atom is 0.311 e. The summed E-state index contributed by atoms with van der Waals surface area (Å²) >= 11 is 0. The van der Waals surface area contributed by atoms with Crippen LogP contribution in [0.5, 0.6) is 11.5 Å². The highest BCUT2D eigenvalue weighted by atomic mass is 28.4. The molecule has 0 spiro atoms. The van der Waals surface area contributed by atoms with Crippen LogP contribution in [0.25, 0.3) is 11.3 Å². The number of hydrogen-bond acceptors (Lipinski definition) is 7. The van der Waals surface area contributed by atoms with E-state index in [0.29, 0.717) is 29.6 Å². The van der Waals surface area contributed by atoms with E-state index in [2.05, 4.69) is 33.9 Å². The number of esters is 1. The van der Waals surface area contributed by atoms with Crippen molar-refractivity contribution in [3.63, 3.8) is 0 Å². The molecule has 2 aromatic rings. The lowest BCUT2D eigenvalue weighted by molar-refractivity contribution is -0.156. The van der Waals surface area contributed by atoms with Crippen molar-refractivity contribution in [2.45, 2.75) is 72.4 Å². The average molecular weight is 493 g/mol. The van der Waals surface area contributed by atoms with Crippen LogP contribution in [0.4, 0.5) is 0 Å². The molecular weight excluding hydrogens is 452 g/mol. The first-order valence-corrected chi connectivity index (χ1v) is 14.4. The Hall–Kier alpha value is -2.29. The van der Waals surface area contributed by atoms with E-state index in [9.17, 15) is 9.90 Å². The van der Waals surface area contributed by atoms with Crippen LogP contribution < -0.4 is 9.47 Å². The van der Waals surface area contributed by atoms with E-state index in [-0.39, 0.29) is 17.6 Å². The quantitative estimate of drug-likeness (QED) is 0.334. The van der Waals surface area contributed by atoms with Gasteiger partial charge in [-0.2, -0.15) is 0 Å². The molecule has 8 heteroatoms. The molecule has 0 saturated carbocycles. The van der Waals surface area contributed by atoms with E-state index in [0.717, 1.165) is 11.1 Å². The zero-order valence-electron chi connectivity index (χ0n) is 22.2. The standard InChI is InChI=1S/C26H40O7Si/c1-25(2,3)24(28)31-16-19(27)20-11-12-21(33-20)23-17(13-18(29-7)14-22(23)30-8)15-32-34(9,10)26(4,5)6/h11-14,19,27H,15-16H2,1-10H3/t19-/m1/s1. The van der Waals surface area contributed by atoms with Gasteiger partial charge in [-0.25, -0.2) is 0 Å². The van der Waals surface area contributed by atoms with Crippen LogP contribution in [0.1, 0.15) is 59.0 Å². The Bertz CT molecular complexity index is 980. The summed E-state index contributed by atoms with van der Waals surface area (Å²) in [6.45, 7) is 16.4. The monoisotopic (exact) mass is 492 g/mol. The third-order valence-corrected chi connectivity index (χ3v) is 10.7. The van der Waals surface area contributed by atoms with Crippen molar-refractivity contribution in [2.24, 2.45) is 5.41 Å². The molecule has 1 heterocycles. The third kappa shape index (κ3) is 6.64. The predicted molar refractivity (Wildman–Crippen MR) is 135 cm³/mol. The Kier molecular flexibility index (Phi) is 8.66. The second kappa shape index (κ2) is 10.5. The Morgan fingerprint density at radius 3 is 2.24 bits per heavy atom. The van der Waals surface area contributed by atoms with Gasteiger partial charge in [-0.15, -0.1) is 0 Å². The van der Waals surface area contributed by atoms with Crippen molar-refractivity contribution >= 4 is 14.3 Å². The summed E-state index contributed by atoms with van der Waals surface area (Å²) in [5.41, 5.74) is 0.937. The Labute approximate surface area is 204 Å². The van der Waals surface area contributed by atoms with Crippen LogP contribution in [0.2, 0.25) is 18.1 Å². The fourth-order valence-corrected chi connectivity index (χ4v) is 3.86. The molecule has 0 radical (unpaired) electrons. The van der Waals surface area contributed by atoms with Gasteiger partial charge in [0.15, 0.2) is 8.32 Å². The van der Waals surface area contributed by atoms with Gasteiger partial charge >= 0.3 is 5.97 Å². The Morgan fingerprint density at radius 1 is 1.06 bits per heavy atom. The minimum Gasteiger partial charge on any atom is -0.497 e. The predicted octanol–water partition coefficient (Wildman–Crippen LogP) is 6.11. The number of aliphatic hydroxyl groups is 1. The molecule has 0 bridgehead atoms. The number of furan rings is 1. The molecule has 0 fully saturated rings. The highest BCUT2D eigenvalue weighted by molar-refractivity contribution is 6.74. The number of hydrogen-bond donors (Lipinski definition) is 1. The lowest BCUT2D eigenvalue weighted by atomic mass is 9.97. The molecular formula is C26H40O7Si. The molecule has 34 heavy (non-hydrogen) atoms. The van der Waals surface area contributed by atoms with E-state index in [4.69, 9.17) is 23.1 Å². The summed E-state index contributed by atoms with van der Waals surface area (Å²) < 4.78 is 28.8. The zero-order valence-corrected chi connectivity index (χ0v) is 23.2. The molecule has 0 aliphatic heterocycles. The molecule has 1 aromatic carbocycles. The van der Waals surface area contributed by atoms with E-state index >= 15 is 0 Å². The van der Waals surface area contributed by atoms with Gasteiger partial charge in [-0.05, 0) is 62.7 Å². The van der Waals surface area contributed by atoms with E-state index in [1.54, 1.807) is 53.2 Å². The lowest BCUT2D eigenvalue weighted by Crippen LogP contribution is -2.40. The van der Waals surface area contributed by atoms with Crippen molar-refractivity contribution in [2.75, 3.05) is 20.8 Å². The van der Waals surface area contributed by atoms with Gasteiger partial charge in [-0.1, -0.05) is 20.8 Å². The number of benzene rings is 1. The molecule has 0 aliphatic carbocycles. The summed E-state index contributed by atoms with van der Waals surface area (Å²) in [5, 5.41) is 10.6. The van der Waals surface area contributed by atoms with E-state index < -0.39 is 19.8 Å². The Balaban J connectivity index is 2.37. The molecule has 190 valence electrons. The molecule has 0 unspecified atom stereocenters. The molecule has 0 saturated heterocycles. The maximum atomic E-state index is 12.0. The normalized spacial score (nSPS) is 13.5. The number of methoxy groups -OCH3 is 2. The van der Waals surface area contributed by atoms with Gasteiger partial charge < -0.3 is 28.2 Å². The van der Waals surface area contributed by atoms with Crippen molar-refractivity contribution < 1.29 is 33.0 Å². The molecule has 0 amide bonds. The number of carbonyl (C=O) groups excluding carboxylic acids is 1. The topological polar surface area (TPSA) is 87.4 Å². The van der Waals surface area contributed by atoms with Crippen LogP contribution in [0.3, 0.4) is 0 Å². The fourth-order valence-electron chi connectivity index (χ4n) is 2.91. The maximum absolute atomic E-state index is 12.0. The van der Waals surface area contributed by atoms with Crippen LogP contribution in [-0.4, -0.2) is 40.2 Å². The van der Waals surface area contributed by atoms with E-state index in [1.165, 1.54) is 0 Å². The van der Waals surface area contributed by atoms with Crippen LogP contribution in [0.15, 0.2) is 28.7 Å². The van der Waals surface area contributed by atoms with Crippen LogP contribution in [-0.2, 0) is 20.6 Å². The van der Waals surface area contributed by atoms with Gasteiger partial charge in [-0.3, -0.25) is 4.79 Å². The molecule has 1 atom stereocenters. The number of ether oxygens (including phenoxy) is 3. The van der Waals surface area contributed by atoms with Crippen LogP contribution in [0, 0.1) is 5.41 Å². The Morgan fingerprint density at radius 2 is 1.71 bits per heavy atom. The van der Waals surface area contributed by atoms with Gasteiger partial charge in [0.05, 0.1) is 31.8 Å². The summed E-state index contributed by atoms with van der Waals surface area (Å²) in [6, 6.07) is 7.14. The first kappa shape index (κ1) is 27.9. The molecule has 1 N–H and O–H groups in total. The second-order valence-electron chi connectivity index (χ2n) is 11.0. The SMILES string of the molecule is COc1cc(CO[Si](C)(C)C(C)(C)C)c(-c2ccc([C@H](O)COC(=O)C(C)(C)C)o2)c(OC)c1. The van der Waals surface area contributed by atoms with Gasteiger partial charge in [0, 0.05) is 6.07 Å². The first-order valence-electron chi connectivity index (χ1n) is 11.4. The zero-order chi connectivity index (χ0) is 25.9. The van der Waals surface area contributed by atoms with Crippen molar-refractivity contribution in [1.29, 1.82) is 0 Å². The first-order chi connectivity index (χ1) is 15.6. The average Bonchev–Trinajstić information content (AvgIpc) is 3.23. The highest BCUT2D eigenvalue weighted by Crippen LogP contribution is 2.41. The van der Waals surface area contributed by atoms with Crippen molar-refractivity contribution in [3.8, 4) is 22.8 Å². The van der Waals surface area contributed by atoms with Gasteiger partial charge in [0.25, 0.3) is 0 Å². The largest absolute Gasteiger partial charge is 0.497 e. The van der Waals surface area contributed by atoms with Crippen LogP contribution >= 0.6 is 0 Å². The summed E-state index contributed by atoms with van der Waals surface area (Å²) in [6.07, 6.45) is -1.09. The molecule has 2 rings (SSSR count). The molecule has 7 nitrogen and oxygen atoms in total. The molecule has 0 aliphatic rings. The summed E-state index contributed by atoms with van der Waals surface area (Å²) in [5.74, 6) is 1.65. The lowest BCUT2D eigenvalue weighted by Gasteiger charge is -2.36. The minimum atomic E-state index is -2.02. The highest BCUT2D eigenvalue weighted by Gasteiger charge is 2.37. The second-order valence-corrected chi connectivity index (χ2v) is 15.8. The third-order valence-electron chi connectivity index (χ3n) is 6.19. The fraction of sp³-hybridized carbons (Fsp3) is 0.577.